The molecular weight excluding hydrogens is 220 g/mol. The van der Waals surface area contributed by atoms with E-state index in [1.165, 1.54) is 64.2 Å². The minimum absolute atomic E-state index is 0.140. The summed E-state index contributed by atoms with van der Waals surface area (Å²) in [6.45, 7) is 8.73. The van der Waals surface area contributed by atoms with Crippen molar-refractivity contribution in [1.82, 2.24) is 0 Å². The fourth-order valence-electron chi connectivity index (χ4n) is 2.45. The molecular formula is C17H36O. The number of aliphatic hydroxyl groups excluding tert-OH is 1. The van der Waals surface area contributed by atoms with Crippen LogP contribution in [-0.4, -0.2) is 11.2 Å². The van der Waals surface area contributed by atoms with E-state index in [0.29, 0.717) is 5.92 Å². The molecule has 0 unspecified atom stereocenters. The van der Waals surface area contributed by atoms with Gasteiger partial charge >= 0.3 is 0 Å². The van der Waals surface area contributed by atoms with Gasteiger partial charge in [-0.1, -0.05) is 78.6 Å². The summed E-state index contributed by atoms with van der Waals surface area (Å²) in [6, 6.07) is 0. The summed E-state index contributed by atoms with van der Waals surface area (Å²) in [4.78, 5) is 0. The maximum absolute atomic E-state index is 9.43. The van der Waals surface area contributed by atoms with Crippen LogP contribution in [0.1, 0.15) is 91.9 Å². The van der Waals surface area contributed by atoms with E-state index in [-0.39, 0.29) is 6.10 Å². The number of hydrogen-bond donors (Lipinski definition) is 1. The van der Waals surface area contributed by atoms with Crippen LogP contribution in [0.25, 0.3) is 0 Å². The van der Waals surface area contributed by atoms with Gasteiger partial charge in [0.2, 0.25) is 0 Å². The third kappa shape index (κ3) is 11.1. The van der Waals surface area contributed by atoms with Crippen molar-refractivity contribution in [2.24, 2.45) is 11.8 Å². The molecule has 18 heavy (non-hydrogen) atoms. The first-order chi connectivity index (χ1) is 8.57. The van der Waals surface area contributed by atoms with Gasteiger partial charge in [0.15, 0.2) is 0 Å². The number of aliphatic hydroxyl groups is 1. The summed E-state index contributed by atoms with van der Waals surface area (Å²) in [7, 11) is 0. The van der Waals surface area contributed by atoms with Crippen LogP contribution >= 0.6 is 0 Å². The van der Waals surface area contributed by atoms with Gasteiger partial charge < -0.3 is 5.11 Å². The van der Waals surface area contributed by atoms with E-state index in [1.54, 1.807) is 0 Å². The number of rotatable bonds is 12. The second-order valence-corrected chi connectivity index (χ2v) is 6.31. The van der Waals surface area contributed by atoms with Crippen molar-refractivity contribution in [1.29, 1.82) is 0 Å². The van der Waals surface area contributed by atoms with Gasteiger partial charge in [0.25, 0.3) is 0 Å². The second-order valence-electron chi connectivity index (χ2n) is 6.31. The highest BCUT2D eigenvalue weighted by molar-refractivity contribution is 4.61. The maximum Gasteiger partial charge on any atom is 0.0537 e. The number of hydrogen-bond acceptors (Lipinski definition) is 1. The van der Waals surface area contributed by atoms with Crippen LogP contribution in [0.4, 0.5) is 0 Å². The molecule has 1 nitrogen and oxygen atoms in total. The van der Waals surface area contributed by atoms with Gasteiger partial charge in [0.05, 0.1) is 6.10 Å². The molecule has 0 saturated carbocycles. The molecule has 0 radical (unpaired) electrons. The molecule has 0 aromatic carbocycles. The van der Waals surface area contributed by atoms with Crippen LogP contribution in [-0.2, 0) is 0 Å². The Morgan fingerprint density at radius 1 is 0.722 bits per heavy atom. The average Bonchev–Trinajstić information content (AvgIpc) is 2.33. The van der Waals surface area contributed by atoms with E-state index in [4.69, 9.17) is 0 Å². The van der Waals surface area contributed by atoms with Gasteiger partial charge in [0.1, 0.15) is 0 Å². The van der Waals surface area contributed by atoms with Crippen LogP contribution in [0.5, 0.6) is 0 Å². The second kappa shape index (κ2) is 12.0. The summed E-state index contributed by atoms with van der Waals surface area (Å²) in [6.07, 6.45) is 13.5. The van der Waals surface area contributed by atoms with Crippen molar-refractivity contribution in [3.05, 3.63) is 0 Å². The number of unbranched alkanes of at least 4 members (excludes halogenated alkanes) is 5. The highest BCUT2D eigenvalue weighted by Crippen LogP contribution is 2.19. The zero-order valence-electron chi connectivity index (χ0n) is 13.3. The Morgan fingerprint density at radius 2 is 1.28 bits per heavy atom. The minimum Gasteiger partial charge on any atom is -0.393 e. The Bertz CT molecular complexity index is 165. The van der Waals surface area contributed by atoms with Crippen molar-refractivity contribution in [3.63, 3.8) is 0 Å². The molecule has 0 aromatic rings. The minimum atomic E-state index is -0.140. The van der Waals surface area contributed by atoms with Crippen molar-refractivity contribution in [2.45, 2.75) is 98.0 Å². The molecule has 1 heteroatoms. The van der Waals surface area contributed by atoms with Gasteiger partial charge in [-0.15, -0.1) is 0 Å². The Balaban J connectivity index is 3.29. The fourth-order valence-corrected chi connectivity index (χ4v) is 2.45. The average molecular weight is 256 g/mol. The molecule has 0 aromatic heterocycles. The van der Waals surface area contributed by atoms with E-state index in [1.807, 2.05) is 6.92 Å². The van der Waals surface area contributed by atoms with E-state index >= 15 is 0 Å². The molecule has 0 spiro atoms. The lowest BCUT2D eigenvalue weighted by atomic mass is 9.93. The van der Waals surface area contributed by atoms with Gasteiger partial charge in [0, 0.05) is 0 Å². The van der Waals surface area contributed by atoms with Crippen LogP contribution < -0.4 is 0 Å². The van der Waals surface area contributed by atoms with Crippen LogP contribution in [0, 0.1) is 11.8 Å². The van der Waals surface area contributed by atoms with Crippen LogP contribution in [0.15, 0.2) is 0 Å². The third-order valence-corrected chi connectivity index (χ3v) is 4.23. The molecule has 0 aliphatic carbocycles. The molecule has 0 fully saturated rings. The summed E-state index contributed by atoms with van der Waals surface area (Å²) < 4.78 is 0. The summed E-state index contributed by atoms with van der Waals surface area (Å²) >= 11 is 0. The lowest BCUT2D eigenvalue weighted by Gasteiger charge is -2.16. The molecule has 0 aliphatic rings. The first kappa shape index (κ1) is 18.0. The van der Waals surface area contributed by atoms with Gasteiger partial charge in [-0.25, -0.2) is 0 Å². The molecule has 1 N–H and O–H groups in total. The monoisotopic (exact) mass is 256 g/mol. The van der Waals surface area contributed by atoms with E-state index in [0.717, 1.165) is 5.92 Å². The van der Waals surface area contributed by atoms with Gasteiger partial charge in [-0.05, 0) is 25.2 Å². The van der Waals surface area contributed by atoms with Crippen molar-refractivity contribution < 1.29 is 5.11 Å². The Labute approximate surface area is 115 Å². The zero-order chi connectivity index (χ0) is 13.8. The van der Waals surface area contributed by atoms with Crippen molar-refractivity contribution in [3.8, 4) is 0 Å². The smallest absolute Gasteiger partial charge is 0.0537 e. The fraction of sp³-hybridized carbons (Fsp3) is 1.00. The Kier molecular flexibility index (Phi) is 12.0. The Morgan fingerprint density at radius 3 is 1.89 bits per heavy atom. The first-order valence-corrected chi connectivity index (χ1v) is 8.26. The van der Waals surface area contributed by atoms with E-state index in [9.17, 15) is 5.11 Å². The van der Waals surface area contributed by atoms with Gasteiger partial charge in [-0.2, -0.15) is 0 Å². The topological polar surface area (TPSA) is 20.2 Å². The summed E-state index contributed by atoms with van der Waals surface area (Å²) in [5.41, 5.74) is 0. The molecule has 3 atom stereocenters. The molecule has 110 valence electrons. The van der Waals surface area contributed by atoms with Crippen LogP contribution in [0.3, 0.4) is 0 Å². The molecule has 0 rings (SSSR count). The lowest BCUT2D eigenvalue weighted by molar-refractivity contribution is 0.127. The first-order valence-electron chi connectivity index (χ1n) is 8.26. The summed E-state index contributed by atoms with van der Waals surface area (Å²) in [5.74, 6) is 1.34. The lowest BCUT2D eigenvalue weighted by Crippen LogP contribution is -2.13. The van der Waals surface area contributed by atoms with Crippen LogP contribution in [0.2, 0.25) is 0 Å². The third-order valence-electron chi connectivity index (χ3n) is 4.23. The highest BCUT2D eigenvalue weighted by Gasteiger charge is 2.09. The highest BCUT2D eigenvalue weighted by atomic mass is 16.3. The van der Waals surface area contributed by atoms with Crippen molar-refractivity contribution in [2.75, 3.05) is 0 Å². The molecule has 0 bridgehead atoms. The van der Waals surface area contributed by atoms with Gasteiger partial charge in [-0.3, -0.25) is 0 Å². The normalized spacial score (nSPS) is 16.5. The SMILES string of the molecule is CCCCCCCC[C@H](C)CCC[C@@H](C)[C@@H](C)O. The Hall–Kier alpha value is -0.0400. The molecule has 0 amide bonds. The molecule has 0 aliphatic heterocycles. The quantitative estimate of drug-likeness (QED) is 0.453. The van der Waals surface area contributed by atoms with E-state index < -0.39 is 0 Å². The predicted octanol–water partition coefficient (Wildman–Crippen LogP) is 5.56. The maximum atomic E-state index is 9.43. The standard InChI is InChI=1S/C17H36O/c1-5-6-7-8-9-10-12-15(2)13-11-14-16(3)17(4)18/h15-18H,5-14H2,1-4H3/t15-,16+,17+/m0/s1. The predicted molar refractivity (Wildman–Crippen MR) is 81.9 cm³/mol. The largest absolute Gasteiger partial charge is 0.393 e. The van der Waals surface area contributed by atoms with Crippen molar-refractivity contribution >= 4 is 0 Å². The summed E-state index contributed by atoms with van der Waals surface area (Å²) in [5, 5.41) is 9.43. The van der Waals surface area contributed by atoms with E-state index in [2.05, 4.69) is 20.8 Å². The zero-order valence-corrected chi connectivity index (χ0v) is 13.3. The molecule has 0 saturated heterocycles. The molecule has 0 heterocycles.